The van der Waals surface area contributed by atoms with Crippen molar-refractivity contribution >= 4 is 11.8 Å². The Balaban J connectivity index is 1.32. The number of hydrogen-bond acceptors (Lipinski definition) is 6. The molecule has 0 radical (unpaired) electrons. The molecule has 2 aromatic heterocycles. The lowest BCUT2D eigenvalue weighted by Crippen LogP contribution is -2.35. The molecule has 0 spiro atoms. The summed E-state index contributed by atoms with van der Waals surface area (Å²) in [6.45, 7) is 2.63. The van der Waals surface area contributed by atoms with Gasteiger partial charge in [-0.1, -0.05) is 36.4 Å². The Morgan fingerprint density at radius 3 is 2.56 bits per heavy atom. The number of aromatic nitrogens is 4. The Morgan fingerprint density at radius 2 is 1.78 bits per heavy atom. The van der Waals surface area contributed by atoms with E-state index in [1.54, 1.807) is 12.4 Å². The minimum atomic E-state index is 0.672. The van der Waals surface area contributed by atoms with Crippen LogP contribution in [0.4, 0.5) is 11.8 Å². The molecule has 6 nitrogen and oxygen atoms in total. The number of hydrogen-bond donors (Lipinski definition) is 1. The molecule has 0 aliphatic carbocycles. The first kappa shape index (κ1) is 17.4. The Labute approximate surface area is 159 Å². The molecule has 27 heavy (non-hydrogen) atoms. The number of nitrogens with one attached hydrogen (secondary N) is 1. The highest BCUT2D eigenvalue weighted by Crippen LogP contribution is 2.24. The first-order chi connectivity index (χ1) is 13.4. The lowest BCUT2D eigenvalue weighted by Gasteiger charge is -2.31. The maximum absolute atomic E-state index is 4.64. The third-order valence-electron chi connectivity index (χ3n) is 5.01. The molecule has 3 heterocycles. The summed E-state index contributed by atoms with van der Waals surface area (Å²) < 4.78 is 0. The van der Waals surface area contributed by atoms with Crippen molar-refractivity contribution in [1.29, 1.82) is 0 Å². The average molecular weight is 360 g/mol. The molecule has 138 valence electrons. The number of benzene rings is 1. The molecule has 1 N–H and O–H groups in total. The van der Waals surface area contributed by atoms with Gasteiger partial charge in [0.25, 0.3) is 0 Å². The van der Waals surface area contributed by atoms with E-state index in [9.17, 15) is 0 Å². The topological polar surface area (TPSA) is 66.8 Å². The van der Waals surface area contributed by atoms with Crippen molar-refractivity contribution in [3.8, 4) is 0 Å². The van der Waals surface area contributed by atoms with Crippen LogP contribution in [0.25, 0.3) is 0 Å². The van der Waals surface area contributed by atoms with Crippen molar-refractivity contribution < 1.29 is 0 Å². The monoisotopic (exact) mass is 360 g/mol. The standard InChI is InChI=1S/C21H24N6/c1-2-5-17(6-3-1)13-18-8-11-27(12-9-18)21-25-20(16-24-26-21)23-15-19-7-4-10-22-14-19/h1-7,10,14,16,18H,8-9,11-13,15H2,(H,23,25,26). The van der Waals surface area contributed by atoms with E-state index in [4.69, 9.17) is 0 Å². The van der Waals surface area contributed by atoms with Crippen LogP contribution in [0.5, 0.6) is 0 Å². The van der Waals surface area contributed by atoms with E-state index in [1.807, 2.05) is 18.3 Å². The van der Waals surface area contributed by atoms with Gasteiger partial charge in [0.1, 0.15) is 0 Å². The van der Waals surface area contributed by atoms with Gasteiger partial charge in [0, 0.05) is 32.0 Å². The predicted octanol–water partition coefficient (Wildman–Crippen LogP) is 3.34. The minimum absolute atomic E-state index is 0.672. The molecule has 1 saturated heterocycles. The zero-order valence-corrected chi connectivity index (χ0v) is 15.3. The maximum Gasteiger partial charge on any atom is 0.247 e. The molecule has 0 unspecified atom stereocenters. The quantitative estimate of drug-likeness (QED) is 0.727. The highest BCUT2D eigenvalue weighted by Gasteiger charge is 2.21. The number of piperidine rings is 1. The van der Waals surface area contributed by atoms with E-state index in [0.717, 1.165) is 49.7 Å². The van der Waals surface area contributed by atoms with E-state index in [-0.39, 0.29) is 0 Å². The van der Waals surface area contributed by atoms with Crippen molar-refractivity contribution in [2.75, 3.05) is 23.3 Å². The van der Waals surface area contributed by atoms with Gasteiger partial charge in [0.15, 0.2) is 5.82 Å². The Bertz CT molecular complexity index is 832. The van der Waals surface area contributed by atoms with E-state index in [1.165, 1.54) is 5.56 Å². The van der Waals surface area contributed by atoms with Crippen LogP contribution in [0.2, 0.25) is 0 Å². The third-order valence-corrected chi connectivity index (χ3v) is 5.01. The number of nitrogens with zero attached hydrogens (tertiary/aromatic N) is 5. The Hall–Kier alpha value is -3.02. The largest absolute Gasteiger partial charge is 0.364 e. The van der Waals surface area contributed by atoms with E-state index >= 15 is 0 Å². The van der Waals surface area contributed by atoms with Crippen LogP contribution in [0, 0.1) is 5.92 Å². The minimum Gasteiger partial charge on any atom is -0.364 e. The zero-order valence-electron chi connectivity index (χ0n) is 15.3. The molecule has 6 heteroatoms. The second-order valence-corrected chi connectivity index (χ2v) is 6.98. The summed E-state index contributed by atoms with van der Waals surface area (Å²) in [5.74, 6) is 2.18. The van der Waals surface area contributed by atoms with Gasteiger partial charge in [-0.15, -0.1) is 5.10 Å². The summed E-state index contributed by atoms with van der Waals surface area (Å²) >= 11 is 0. The molecular weight excluding hydrogens is 336 g/mol. The van der Waals surface area contributed by atoms with Gasteiger partial charge in [-0.2, -0.15) is 10.1 Å². The van der Waals surface area contributed by atoms with Gasteiger partial charge in [-0.3, -0.25) is 4.98 Å². The molecule has 0 saturated carbocycles. The molecule has 1 fully saturated rings. The third kappa shape index (κ3) is 4.78. The first-order valence-electron chi connectivity index (χ1n) is 9.48. The normalized spacial score (nSPS) is 14.9. The number of rotatable bonds is 6. The van der Waals surface area contributed by atoms with Gasteiger partial charge >= 0.3 is 0 Å². The van der Waals surface area contributed by atoms with Crippen LogP contribution in [-0.4, -0.2) is 33.3 Å². The fourth-order valence-electron chi connectivity index (χ4n) is 3.49. The van der Waals surface area contributed by atoms with Crippen molar-refractivity contribution in [3.63, 3.8) is 0 Å². The average Bonchev–Trinajstić information content (AvgIpc) is 2.75. The van der Waals surface area contributed by atoms with Gasteiger partial charge in [-0.25, -0.2) is 0 Å². The lowest BCUT2D eigenvalue weighted by molar-refractivity contribution is 0.400. The summed E-state index contributed by atoms with van der Waals surface area (Å²) in [5, 5.41) is 11.7. The molecule has 4 rings (SSSR count). The molecular formula is C21H24N6. The smallest absolute Gasteiger partial charge is 0.247 e. The summed E-state index contributed by atoms with van der Waals surface area (Å²) in [6.07, 6.45) is 8.76. The fourth-order valence-corrected chi connectivity index (χ4v) is 3.49. The first-order valence-corrected chi connectivity index (χ1v) is 9.48. The van der Waals surface area contributed by atoms with Gasteiger partial charge in [0.2, 0.25) is 5.95 Å². The van der Waals surface area contributed by atoms with Crippen LogP contribution < -0.4 is 10.2 Å². The Morgan fingerprint density at radius 1 is 0.963 bits per heavy atom. The molecule has 1 aromatic carbocycles. The number of pyridine rings is 1. The summed E-state index contributed by atoms with van der Waals surface area (Å²) in [6, 6.07) is 14.7. The molecule has 0 amide bonds. The highest BCUT2D eigenvalue weighted by molar-refractivity contribution is 5.39. The van der Waals surface area contributed by atoms with Crippen molar-refractivity contribution in [3.05, 3.63) is 72.2 Å². The van der Waals surface area contributed by atoms with E-state index in [2.05, 4.69) is 60.7 Å². The summed E-state index contributed by atoms with van der Waals surface area (Å²) in [5.41, 5.74) is 2.54. The van der Waals surface area contributed by atoms with Crippen LogP contribution >= 0.6 is 0 Å². The molecule has 1 aliphatic heterocycles. The van der Waals surface area contributed by atoms with Crippen LogP contribution in [-0.2, 0) is 13.0 Å². The maximum atomic E-state index is 4.64. The van der Waals surface area contributed by atoms with E-state index < -0.39 is 0 Å². The SMILES string of the molecule is c1ccc(CC2CCN(c3nncc(NCc4cccnc4)n3)CC2)cc1. The molecule has 0 bridgehead atoms. The molecule has 1 aliphatic rings. The van der Waals surface area contributed by atoms with E-state index in [0.29, 0.717) is 12.5 Å². The zero-order chi connectivity index (χ0) is 18.3. The summed E-state index contributed by atoms with van der Waals surface area (Å²) in [4.78, 5) is 11.0. The van der Waals surface area contributed by atoms with Crippen LogP contribution in [0.1, 0.15) is 24.0 Å². The highest BCUT2D eigenvalue weighted by atomic mass is 15.3. The van der Waals surface area contributed by atoms with Crippen LogP contribution in [0.15, 0.2) is 61.1 Å². The van der Waals surface area contributed by atoms with Gasteiger partial charge in [0.05, 0.1) is 6.20 Å². The molecule has 0 atom stereocenters. The fraction of sp³-hybridized carbons (Fsp3) is 0.333. The lowest BCUT2D eigenvalue weighted by atomic mass is 9.90. The number of anilines is 2. The van der Waals surface area contributed by atoms with Crippen molar-refractivity contribution in [1.82, 2.24) is 20.2 Å². The van der Waals surface area contributed by atoms with Gasteiger partial charge in [-0.05, 0) is 42.4 Å². The predicted molar refractivity (Wildman–Crippen MR) is 106 cm³/mol. The van der Waals surface area contributed by atoms with Crippen molar-refractivity contribution in [2.45, 2.75) is 25.8 Å². The van der Waals surface area contributed by atoms with Crippen molar-refractivity contribution in [2.24, 2.45) is 5.92 Å². The second-order valence-electron chi connectivity index (χ2n) is 6.98. The van der Waals surface area contributed by atoms with Crippen LogP contribution in [0.3, 0.4) is 0 Å². The second kappa shape index (κ2) is 8.58. The molecule has 3 aromatic rings. The Kier molecular flexibility index (Phi) is 5.53. The summed E-state index contributed by atoms with van der Waals surface area (Å²) in [7, 11) is 0. The van der Waals surface area contributed by atoms with Gasteiger partial charge < -0.3 is 10.2 Å².